The van der Waals surface area contributed by atoms with Gasteiger partial charge in [-0.1, -0.05) is 6.07 Å². The molecule has 0 heterocycles. The second-order valence-electron chi connectivity index (χ2n) is 5.25. The zero-order valence-electron chi connectivity index (χ0n) is 11.7. The Morgan fingerprint density at radius 2 is 1.86 bits per heavy atom. The van der Waals surface area contributed by atoms with E-state index in [9.17, 15) is 21.6 Å². The molecule has 116 valence electrons. The first-order valence-electron chi connectivity index (χ1n) is 5.98. The largest absolute Gasteiger partial charge is 0.416 e. The summed E-state index contributed by atoms with van der Waals surface area (Å²) >= 11 is 0. The molecule has 1 N–H and O–H groups in total. The van der Waals surface area contributed by atoms with Crippen LogP contribution in [0.4, 0.5) is 13.2 Å². The van der Waals surface area contributed by atoms with Crippen LogP contribution in [0.25, 0.3) is 0 Å². The van der Waals surface area contributed by atoms with E-state index < -0.39 is 32.1 Å². The minimum Gasteiger partial charge on any atom is -0.210 e. The lowest BCUT2D eigenvalue weighted by Gasteiger charge is -2.18. The number of nitrogens with one attached hydrogen (secondary N) is 1. The maximum Gasteiger partial charge on any atom is 0.416 e. The molecule has 1 aromatic rings. The van der Waals surface area contributed by atoms with Gasteiger partial charge in [-0.25, -0.2) is 13.1 Å². The fourth-order valence-corrected chi connectivity index (χ4v) is 3.08. The second-order valence-corrected chi connectivity index (χ2v) is 6.98. The molecule has 0 saturated heterocycles. The van der Waals surface area contributed by atoms with Crippen molar-refractivity contribution in [3.05, 3.63) is 29.3 Å². The Bertz CT molecular complexity index is 674. The topological polar surface area (TPSA) is 70.0 Å². The second kappa shape index (κ2) is 5.66. The van der Waals surface area contributed by atoms with Crippen LogP contribution in [-0.4, -0.2) is 15.0 Å². The van der Waals surface area contributed by atoms with Gasteiger partial charge in [0.05, 0.1) is 21.9 Å². The third-order valence-corrected chi connectivity index (χ3v) is 4.43. The lowest BCUT2D eigenvalue weighted by atomic mass is 9.97. The minimum atomic E-state index is -4.62. The molecule has 0 aliphatic rings. The highest BCUT2D eigenvalue weighted by Gasteiger charge is 2.34. The van der Waals surface area contributed by atoms with Crippen molar-refractivity contribution in [3.8, 4) is 6.07 Å². The standard InChI is InChI=1S/C13H15F3N2O2S/c1-9-10(13(14,15)16)5-4-6-11(9)21(19,20)18-8-12(2,3)7-17/h4-6,18H,8H2,1-3H3. The van der Waals surface area contributed by atoms with Gasteiger partial charge in [-0.3, -0.25) is 0 Å². The first-order chi connectivity index (χ1) is 9.41. The molecule has 0 unspecified atom stereocenters. The predicted octanol–water partition coefficient (Wildman–Crippen LogP) is 2.84. The zero-order chi connectivity index (χ0) is 16.5. The molecule has 0 aliphatic carbocycles. The molecule has 21 heavy (non-hydrogen) atoms. The summed E-state index contributed by atoms with van der Waals surface area (Å²) in [6, 6.07) is 4.88. The summed E-state index contributed by atoms with van der Waals surface area (Å²) in [7, 11) is -4.12. The number of alkyl halides is 3. The minimum absolute atomic E-state index is 0.193. The number of hydrogen-bond acceptors (Lipinski definition) is 3. The van der Waals surface area contributed by atoms with Crippen molar-refractivity contribution in [2.24, 2.45) is 5.41 Å². The van der Waals surface area contributed by atoms with Crippen molar-refractivity contribution in [1.29, 1.82) is 5.26 Å². The van der Waals surface area contributed by atoms with Gasteiger partial charge in [0.15, 0.2) is 0 Å². The molecule has 0 atom stereocenters. The summed E-state index contributed by atoms with van der Waals surface area (Å²) in [5, 5.41) is 8.83. The fourth-order valence-electron chi connectivity index (χ4n) is 1.61. The number of nitriles is 1. The van der Waals surface area contributed by atoms with Crippen LogP contribution in [0.3, 0.4) is 0 Å². The average Bonchev–Trinajstić information content (AvgIpc) is 2.35. The lowest BCUT2D eigenvalue weighted by molar-refractivity contribution is -0.138. The van der Waals surface area contributed by atoms with Gasteiger partial charge < -0.3 is 0 Å². The molecule has 8 heteroatoms. The molecule has 0 bridgehead atoms. The number of nitrogens with zero attached hydrogens (tertiary/aromatic N) is 1. The van der Waals surface area contributed by atoms with Gasteiger partial charge in [-0.05, 0) is 38.5 Å². The van der Waals surface area contributed by atoms with Gasteiger partial charge in [0, 0.05) is 6.54 Å². The van der Waals surface area contributed by atoms with Gasteiger partial charge in [-0.15, -0.1) is 0 Å². The van der Waals surface area contributed by atoms with Crippen LogP contribution >= 0.6 is 0 Å². The van der Waals surface area contributed by atoms with E-state index in [1.165, 1.54) is 13.8 Å². The highest BCUT2D eigenvalue weighted by atomic mass is 32.2. The van der Waals surface area contributed by atoms with Crippen LogP contribution in [0.15, 0.2) is 23.1 Å². The summed E-state index contributed by atoms with van der Waals surface area (Å²) < 4.78 is 64.7. The van der Waals surface area contributed by atoms with Gasteiger partial charge in [0.2, 0.25) is 10.0 Å². The van der Waals surface area contributed by atoms with Crippen molar-refractivity contribution >= 4 is 10.0 Å². The van der Waals surface area contributed by atoms with E-state index in [1.54, 1.807) is 0 Å². The Morgan fingerprint density at radius 1 is 1.29 bits per heavy atom. The van der Waals surface area contributed by atoms with Gasteiger partial charge in [0.1, 0.15) is 0 Å². The number of rotatable bonds is 4. The monoisotopic (exact) mass is 320 g/mol. The number of benzene rings is 1. The summed E-state index contributed by atoms with van der Waals surface area (Å²) in [6.45, 7) is 3.96. The molecule has 4 nitrogen and oxygen atoms in total. The molecule has 0 spiro atoms. The van der Waals surface area contributed by atoms with Gasteiger partial charge in [-0.2, -0.15) is 18.4 Å². The van der Waals surface area contributed by atoms with Crippen molar-refractivity contribution in [1.82, 2.24) is 4.72 Å². The molecule has 0 saturated carbocycles. The van der Waals surface area contributed by atoms with E-state index in [2.05, 4.69) is 4.72 Å². The summed E-state index contributed by atoms with van der Waals surface area (Å²) in [5.41, 5.74) is -2.32. The van der Waals surface area contributed by atoms with Crippen molar-refractivity contribution in [2.45, 2.75) is 31.8 Å². The smallest absolute Gasteiger partial charge is 0.210 e. The molecule has 1 rings (SSSR count). The summed E-state index contributed by atoms with van der Waals surface area (Å²) in [6.07, 6.45) is -4.62. The Kier molecular flexibility index (Phi) is 4.70. The third kappa shape index (κ3) is 4.19. The number of halogens is 3. The highest BCUT2D eigenvalue weighted by molar-refractivity contribution is 7.89. The number of hydrogen-bond donors (Lipinski definition) is 1. The van der Waals surface area contributed by atoms with Crippen LogP contribution in [0.2, 0.25) is 0 Å². The Balaban J connectivity index is 3.20. The molecule has 0 aromatic heterocycles. The molecular formula is C13H15F3N2O2S. The molecule has 0 amide bonds. The summed E-state index contributed by atoms with van der Waals surface area (Å²) in [4.78, 5) is -0.439. The molecule has 0 fully saturated rings. The van der Waals surface area contributed by atoms with Crippen molar-refractivity contribution in [2.75, 3.05) is 6.54 Å². The lowest BCUT2D eigenvalue weighted by Crippen LogP contribution is -2.33. The van der Waals surface area contributed by atoms with Crippen molar-refractivity contribution in [3.63, 3.8) is 0 Å². The van der Waals surface area contributed by atoms with Gasteiger partial charge >= 0.3 is 6.18 Å². The van der Waals surface area contributed by atoms with Crippen LogP contribution in [0.1, 0.15) is 25.0 Å². The van der Waals surface area contributed by atoms with Crippen LogP contribution in [0, 0.1) is 23.7 Å². The van der Waals surface area contributed by atoms with E-state index in [4.69, 9.17) is 5.26 Å². The van der Waals surface area contributed by atoms with E-state index in [0.29, 0.717) is 0 Å². The highest BCUT2D eigenvalue weighted by Crippen LogP contribution is 2.34. The first-order valence-corrected chi connectivity index (χ1v) is 7.47. The Morgan fingerprint density at radius 3 is 2.33 bits per heavy atom. The maximum absolute atomic E-state index is 12.8. The first kappa shape index (κ1) is 17.5. The van der Waals surface area contributed by atoms with Crippen LogP contribution in [0.5, 0.6) is 0 Å². The molecular weight excluding hydrogens is 305 g/mol. The van der Waals surface area contributed by atoms with Gasteiger partial charge in [0.25, 0.3) is 0 Å². The summed E-state index contributed by atoms with van der Waals surface area (Å²) in [5.74, 6) is 0. The van der Waals surface area contributed by atoms with E-state index in [-0.39, 0.29) is 12.1 Å². The van der Waals surface area contributed by atoms with E-state index >= 15 is 0 Å². The molecule has 1 aromatic carbocycles. The Labute approximate surface area is 121 Å². The average molecular weight is 320 g/mol. The van der Waals surface area contributed by atoms with E-state index in [0.717, 1.165) is 25.1 Å². The third-order valence-electron chi connectivity index (χ3n) is 2.89. The SMILES string of the molecule is Cc1c(C(F)(F)F)cccc1S(=O)(=O)NCC(C)(C)C#N. The van der Waals surface area contributed by atoms with E-state index in [1.807, 2.05) is 6.07 Å². The predicted molar refractivity (Wildman–Crippen MR) is 70.8 cm³/mol. The Hall–Kier alpha value is -1.59. The normalized spacial score (nSPS) is 13.0. The van der Waals surface area contributed by atoms with Crippen LogP contribution < -0.4 is 4.72 Å². The van der Waals surface area contributed by atoms with Crippen molar-refractivity contribution < 1.29 is 21.6 Å². The molecule has 0 radical (unpaired) electrons. The molecule has 0 aliphatic heterocycles. The number of sulfonamides is 1. The quantitative estimate of drug-likeness (QED) is 0.927. The van der Waals surface area contributed by atoms with Crippen LogP contribution in [-0.2, 0) is 16.2 Å². The maximum atomic E-state index is 12.8. The fraction of sp³-hybridized carbons (Fsp3) is 0.462. The zero-order valence-corrected chi connectivity index (χ0v) is 12.6.